The van der Waals surface area contributed by atoms with E-state index >= 15 is 0 Å². The Morgan fingerprint density at radius 3 is 2.52 bits per heavy atom. The fourth-order valence-electron chi connectivity index (χ4n) is 2.22. The summed E-state index contributed by atoms with van der Waals surface area (Å²) >= 11 is 11.7. The van der Waals surface area contributed by atoms with Crippen molar-refractivity contribution in [2.75, 3.05) is 19.3 Å². The maximum Gasteiger partial charge on any atom is 0.274 e. The molecule has 0 radical (unpaired) electrons. The first-order valence-electron chi connectivity index (χ1n) is 6.35. The highest BCUT2D eigenvalue weighted by Gasteiger charge is 2.27. The Balaban J connectivity index is 2.02. The molecule has 0 unspecified atom stereocenters. The first kappa shape index (κ1) is 16.5. The third-order valence-corrected chi connectivity index (χ3v) is 4.45. The zero-order valence-electron chi connectivity index (χ0n) is 11.3. The Kier molecular flexibility index (Phi) is 5.08. The Morgan fingerprint density at radius 1 is 1.33 bits per heavy atom. The lowest BCUT2D eigenvalue weighted by atomic mass is 10.1. The van der Waals surface area contributed by atoms with E-state index in [1.807, 2.05) is 0 Å². The monoisotopic (exact) mass is 351 g/mol. The second-order valence-corrected chi connectivity index (χ2v) is 7.50. The summed E-state index contributed by atoms with van der Waals surface area (Å²) in [6, 6.07) is 2.90. The normalized spacial score (nSPS) is 17.0. The number of aromatic nitrogens is 1. The zero-order valence-corrected chi connectivity index (χ0v) is 13.7. The van der Waals surface area contributed by atoms with Gasteiger partial charge in [0.15, 0.2) is 0 Å². The molecule has 1 fully saturated rings. The average molecular weight is 352 g/mol. The number of halogens is 2. The van der Waals surface area contributed by atoms with Crippen molar-refractivity contribution >= 4 is 39.1 Å². The van der Waals surface area contributed by atoms with Crippen molar-refractivity contribution in [2.24, 2.45) is 0 Å². The van der Waals surface area contributed by atoms with E-state index in [9.17, 15) is 13.2 Å². The lowest BCUT2D eigenvalue weighted by molar-refractivity contribution is 0.0705. The second-order valence-electron chi connectivity index (χ2n) is 4.92. The van der Waals surface area contributed by atoms with Gasteiger partial charge in [-0.05, 0) is 25.0 Å². The Morgan fingerprint density at radius 2 is 1.95 bits per heavy atom. The molecule has 0 aliphatic carbocycles. The quantitative estimate of drug-likeness (QED) is 0.837. The van der Waals surface area contributed by atoms with Gasteiger partial charge < -0.3 is 4.90 Å². The SMILES string of the molecule is CS(=O)(=O)NC1CCN(C(=O)c2nc(Cl)ccc2Cl)CC1. The predicted octanol–water partition coefficient (Wildman–Crippen LogP) is 1.54. The number of likely N-dealkylation sites (tertiary alicyclic amines) is 1. The van der Waals surface area contributed by atoms with Crippen LogP contribution in [0.15, 0.2) is 12.1 Å². The molecule has 0 atom stereocenters. The molecular weight excluding hydrogens is 337 g/mol. The summed E-state index contributed by atoms with van der Waals surface area (Å²) in [4.78, 5) is 17.9. The van der Waals surface area contributed by atoms with Crippen LogP contribution >= 0.6 is 23.2 Å². The molecule has 9 heteroatoms. The van der Waals surface area contributed by atoms with Crippen LogP contribution in [0.3, 0.4) is 0 Å². The molecule has 1 aromatic heterocycles. The molecule has 6 nitrogen and oxygen atoms in total. The topological polar surface area (TPSA) is 79.4 Å². The number of sulfonamides is 1. The molecule has 1 amide bonds. The summed E-state index contributed by atoms with van der Waals surface area (Å²) < 4.78 is 24.9. The van der Waals surface area contributed by atoms with E-state index in [4.69, 9.17) is 23.2 Å². The van der Waals surface area contributed by atoms with Crippen LogP contribution in [0.25, 0.3) is 0 Å². The minimum Gasteiger partial charge on any atom is -0.337 e. The van der Waals surface area contributed by atoms with Crippen molar-refractivity contribution in [1.29, 1.82) is 0 Å². The number of pyridine rings is 1. The number of hydrogen-bond donors (Lipinski definition) is 1. The molecule has 1 N–H and O–H groups in total. The van der Waals surface area contributed by atoms with Crippen molar-refractivity contribution in [3.8, 4) is 0 Å². The third kappa shape index (κ3) is 4.54. The number of carbonyl (C=O) groups is 1. The van der Waals surface area contributed by atoms with Crippen molar-refractivity contribution in [3.63, 3.8) is 0 Å². The van der Waals surface area contributed by atoms with Gasteiger partial charge in [-0.2, -0.15) is 0 Å². The molecule has 1 aliphatic rings. The molecule has 116 valence electrons. The molecule has 0 saturated carbocycles. The van der Waals surface area contributed by atoms with E-state index in [0.717, 1.165) is 6.26 Å². The molecule has 0 spiro atoms. The van der Waals surface area contributed by atoms with Gasteiger partial charge in [-0.25, -0.2) is 18.1 Å². The van der Waals surface area contributed by atoms with Crippen LogP contribution in [-0.4, -0.2) is 49.6 Å². The fraction of sp³-hybridized carbons (Fsp3) is 0.500. The van der Waals surface area contributed by atoms with E-state index in [0.29, 0.717) is 25.9 Å². The number of piperidine rings is 1. The predicted molar refractivity (Wildman–Crippen MR) is 81.2 cm³/mol. The fourth-order valence-corrected chi connectivity index (χ4v) is 3.40. The summed E-state index contributed by atoms with van der Waals surface area (Å²) in [6.07, 6.45) is 2.23. The molecule has 1 saturated heterocycles. The van der Waals surface area contributed by atoms with Crippen LogP contribution < -0.4 is 4.72 Å². The van der Waals surface area contributed by atoms with Gasteiger partial charge in [-0.1, -0.05) is 23.2 Å². The summed E-state index contributed by atoms with van der Waals surface area (Å²) in [5.74, 6) is -0.291. The summed E-state index contributed by atoms with van der Waals surface area (Å²) in [5, 5.41) is 0.456. The average Bonchev–Trinajstić information content (AvgIpc) is 2.40. The van der Waals surface area contributed by atoms with Crippen LogP contribution in [-0.2, 0) is 10.0 Å². The van der Waals surface area contributed by atoms with Crippen molar-refractivity contribution in [1.82, 2.24) is 14.6 Å². The number of amides is 1. The highest BCUT2D eigenvalue weighted by atomic mass is 35.5. The van der Waals surface area contributed by atoms with Gasteiger partial charge in [-0.3, -0.25) is 4.79 Å². The van der Waals surface area contributed by atoms with Gasteiger partial charge in [0.1, 0.15) is 10.8 Å². The highest BCUT2D eigenvalue weighted by Crippen LogP contribution is 2.20. The summed E-state index contributed by atoms with van der Waals surface area (Å²) in [6.45, 7) is 0.882. The lowest BCUT2D eigenvalue weighted by Crippen LogP contribution is -2.46. The second kappa shape index (κ2) is 6.48. The van der Waals surface area contributed by atoms with E-state index in [1.54, 1.807) is 4.90 Å². The Bertz CT molecular complexity index is 643. The summed E-state index contributed by atoms with van der Waals surface area (Å²) in [7, 11) is -3.23. The van der Waals surface area contributed by atoms with Crippen LogP contribution in [0.4, 0.5) is 0 Å². The first-order chi connectivity index (χ1) is 9.76. The van der Waals surface area contributed by atoms with Gasteiger partial charge in [-0.15, -0.1) is 0 Å². The largest absolute Gasteiger partial charge is 0.337 e. The van der Waals surface area contributed by atoms with E-state index in [-0.39, 0.29) is 27.8 Å². The maximum atomic E-state index is 12.3. The number of carbonyl (C=O) groups excluding carboxylic acids is 1. The molecule has 2 rings (SSSR count). The minimum absolute atomic E-state index is 0.124. The van der Waals surface area contributed by atoms with Crippen molar-refractivity contribution in [3.05, 3.63) is 28.0 Å². The van der Waals surface area contributed by atoms with Gasteiger partial charge in [0, 0.05) is 19.1 Å². The zero-order chi connectivity index (χ0) is 15.6. The van der Waals surface area contributed by atoms with Crippen LogP contribution in [0.5, 0.6) is 0 Å². The highest BCUT2D eigenvalue weighted by molar-refractivity contribution is 7.88. The number of rotatable bonds is 3. The maximum absolute atomic E-state index is 12.3. The van der Waals surface area contributed by atoms with E-state index in [1.165, 1.54) is 12.1 Å². The standard InChI is InChI=1S/C12H15Cl2N3O3S/c1-21(19,20)16-8-4-6-17(7-5-8)12(18)11-9(13)2-3-10(14)15-11/h2-3,8,16H,4-7H2,1H3. The number of nitrogens with one attached hydrogen (secondary N) is 1. The molecule has 1 aliphatic heterocycles. The molecule has 2 heterocycles. The van der Waals surface area contributed by atoms with Crippen LogP contribution in [0.2, 0.25) is 10.2 Å². The van der Waals surface area contributed by atoms with Gasteiger partial charge in [0.25, 0.3) is 5.91 Å². The molecule has 0 aromatic carbocycles. The van der Waals surface area contributed by atoms with E-state index < -0.39 is 10.0 Å². The summed E-state index contributed by atoms with van der Waals surface area (Å²) in [5.41, 5.74) is 0.124. The van der Waals surface area contributed by atoms with Gasteiger partial charge in [0.05, 0.1) is 11.3 Å². The van der Waals surface area contributed by atoms with Gasteiger partial charge >= 0.3 is 0 Å². The van der Waals surface area contributed by atoms with E-state index in [2.05, 4.69) is 9.71 Å². The Labute approximate surface area is 133 Å². The van der Waals surface area contributed by atoms with Crippen LogP contribution in [0, 0.1) is 0 Å². The molecule has 21 heavy (non-hydrogen) atoms. The minimum atomic E-state index is -3.23. The smallest absolute Gasteiger partial charge is 0.274 e. The Hall–Kier alpha value is -0.890. The first-order valence-corrected chi connectivity index (χ1v) is 8.99. The van der Waals surface area contributed by atoms with Crippen molar-refractivity contribution < 1.29 is 13.2 Å². The molecule has 1 aromatic rings. The lowest BCUT2D eigenvalue weighted by Gasteiger charge is -2.31. The van der Waals surface area contributed by atoms with Gasteiger partial charge in [0.2, 0.25) is 10.0 Å². The third-order valence-electron chi connectivity index (χ3n) is 3.18. The molecule has 0 bridgehead atoms. The van der Waals surface area contributed by atoms with Crippen LogP contribution in [0.1, 0.15) is 23.3 Å². The van der Waals surface area contributed by atoms with Crippen molar-refractivity contribution in [2.45, 2.75) is 18.9 Å². The molecular formula is C12H15Cl2N3O3S. The number of nitrogens with zero attached hydrogens (tertiary/aromatic N) is 2. The number of hydrogen-bond acceptors (Lipinski definition) is 4.